The monoisotopic (exact) mass is 269 g/mol. The number of benzene rings is 1. The summed E-state index contributed by atoms with van der Waals surface area (Å²) in [5.74, 6) is 0.220. The molecule has 2 heterocycles. The van der Waals surface area contributed by atoms with Crippen LogP contribution < -0.4 is 0 Å². The fourth-order valence-corrected chi connectivity index (χ4v) is 2.43. The van der Waals surface area contributed by atoms with E-state index in [4.69, 9.17) is 4.42 Å². The van der Waals surface area contributed by atoms with Crippen LogP contribution in [0.25, 0.3) is 22.4 Å². The van der Waals surface area contributed by atoms with Crippen LogP contribution in [0.5, 0.6) is 0 Å². The third-order valence-corrected chi connectivity index (χ3v) is 3.47. The Kier molecular flexibility index (Phi) is 3.50. The van der Waals surface area contributed by atoms with Crippen LogP contribution in [0.3, 0.4) is 0 Å². The van der Waals surface area contributed by atoms with Crippen molar-refractivity contribution in [3.05, 3.63) is 54.0 Å². The van der Waals surface area contributed by atoms with Crippen molar-refractivity contribution in [2.24, 2.45) is 0 Å². The Morgan fingerprint density at radius 3 is 2.75 bits per heavy atom. The molecule has 0 spiro atoms. The van der Waals surface area contributed by atoms with Gasteiger partial charge < -0.3 is 4.42 Å². The standard InChI is InChI=1S/C17H16FNO/c1-2-3-7-13-12-8-4-5-9-14(12)19-17(16(13)18)15-10-6-11-20-15/h4-6,8-11H,2-3,7H2,1H3. The van der Waals surface area contributed by atoms with Crippen molar-refractivity contribution >= 4 is 10.9 Å². The molecule has 3 aromatic rings. The molecule has 0 unspecified atom stereocenters. The third-order valence-electron chi connectivity index (χ3n) is 3.47. The first-order valence-corrected chi connectivity index (χ1v) is 6.92. The minimum Gasteiger partial charge on any atom is -0.463 e. The fraction of sp³-hybridized carbons (Fsp3) is 0.235. The molecule has 2 aromatic heterocycles. The maximum Gasteiger partial charge on any atom is 0.156 e. The summed E-state index contributed by atoms with van der Waals surface area (Å²) in [6.07, 6.45) is 4.26. The smallest absolute Gasteiger partial charge is 0.156 e. The van der Waals surface area contributed by atoms with Gasteiger partial charge in [0.15, 0.2) is 11.6 Å². The van der Waals surface area contributed by atoms with E-state index < -0.39 is 0 Å². The molecule has 0 saturated heterocycles. The van der Waals surface area contributed by atoms with Gasteiger partial charge in [-0.25, -0.2) is 9.37 Å². The Balaban J connectivity index is 2.24. The molecule has 0 aliphatic rings. The molecule has 3 heteroatoms. The van der Waals surface area contributed by atoms with Crippen molar-refractivity contribution in [3.8, 4) is 11.5 Å². The van der Waals surface area contributed by atoms with Crippen LogP contribution >= 0.6 is 0 Å². The van der Waals surface area contributed by atoms with Crippen LogP contribution in [0, 0.1) is 5.82 Å². The molecule has 20 heavy (non-hydrogen) atoms. The van der Waals surface area contributed by atoms with Crippen molar-refractivity contribution in [1.29, 1.82) is 0 Å². The number of nitrogens with zero attached hydrogens (tertiary/aromatic N) is 1. The van der Waals surface area contributed by atoms with Crippen molar-refractivity contribution in [2.45, 2.75) is 26.2 Å². The molecule has 2 nitrogen and oxygen atoms in total. The third kappa shape index (κ3) is 2.20. The summed E-state index contributed by atoms with van der Waals surface area (Å²) in [5.41, 5.74) is 1.86. The van der Waals surface area contributed by atoms with Crippen molar-refractivity contribution in [3.63, 3.8) is 0 Å². The zero-order chi connectivity index (χ0) is 13.9. The zero-order valence-electron chi connectivity index (χ0n) is 11.4. The number of furan rings is 1. The van der Waals surface area contributed by atoms with E-state index in [-0.39, 0.29) is 5.82 Å². The maximum absolute atomic E-state index is 14.8. The molecule has 0 bridgehead atoms. The molecule has 0 atom stereocenters. The van der Waals surface area contributed by atoms with Crippen LogP contribution in [0.4, 0.5) is 4.39 Å². The summed E-state index contributed by atoms with van der Waals surface area (Å²) >= 11 is 0. The predicted octanol–water partition coefficient (Wildman–Crippen LogP) is 4.98. The summed E-state index contributed by atoms with van der Waals surface area (Å²) < 4.78 is 20.1. The van der Waals surface area contributed by atoms with Crippen LogP contribution in [0.2, 0.25) is 0 Å². The van der Waals surface area contributed by atoms with E-state index in [9.17, 15) is 4.39 Å². The molecule has 0 aliphatic heterocycles. The largest absolute Gasteiger partial charge is 0.463 e. The SMILES string of the molecule is CCCCc1c(F)c(-c2ccco2)nc2ccccc12. The van der Waals surface area contributed by atoms with E-state index >= 15 is 0 Å². The van der Waals surface area contributed by atoms with Crippen LogP contribution in [-0.2, 0) is 6.42 Å². The van der Waals surface area contributed by atoms with E-state index in [2.05, 4.69) is 11.9 Å². The molecule has 102 valence electrons. The van der Waals surface area contributed by atoms with Crippen LogP contribution in [0.1, 0.15) is 25.3 Å². The van der Waals surface area contributed by atoms with Gasteiger partial charge in [0.2, 0.25) is 0 Å². The molecule has 0 fully saturated rings. The summed E-state index contributed by atoms with van der Waals surface area (Å²) in [5, 5.41) is 0.897. The van der Waals surface area contributed by atoms with E-state index in [1.54, 1.807) is 12.1 Å². The minimum absolute atomic E-state index is 0.257. The Labute approximate surface area is 117 Å². The van der Waals surface area contributed by atoms with E-state index in [1.165, 1.54) is 6.26 Å². The van der Waals surface area contributed by atoms with Crippen molar-refractivity contribution in [2.75, 3.05) is 0 Å². The second-order valence-corrected chi connectivity index (χ2v) is 4.85. The first-order chi connectivity index (χ1) is 9.81. The van der Waals surface area contributed by atoms with Gasteiger partial charge in [-0.3, -0.25) is 0 Å². The molecule has 0 amide bonds. The van der Waals surface area contributed by atoms with Gasteiger partial charge in [-0.1, -0.05) is 31.5 Å². The number of hydrogen-bond acceptors (Lipinski definition) is 2. The van der Waals surface area contributed by atoms with E-state index in [0.717, 1.165) is 35.7 Å². The van der Waals surface area contributed by atoms with Crippen LogP contribution in [-0.4, -0.2) is 4.98 Å². The number of halogens is 1. The molecule has 0 radical (unpaired) electrons. The highest BCUT2D eigenvalue weighted by atomic mass is 19.1. The molecule has 0 saturated carbocycles. The quantitative estimate of drug-likeness (QED) is 0.667. The highest BCUT2D eigenvalue weighted by Crippen LogP contribution is 2.30. The second kappa shape index (κ2) is 5.45. The Morgan fingerprint density at radius 1 is 1.15 bits per heavy atom. The lowest BCUT2D eigenvalue weighted by Gasteiger charge is -2.10. The molecule has 0 aliphatic carbocycles. The lowest BCUT2D eigenvalue weighted by atomic mass is 10.0. The number of unbranched alkanes of at least 4 members (excludes halogenated alkanes) is 1. The van der Waals surface area contributed by atoms with Gasteiger partial charge in [0, 0.05) is 5.39 Å². The van der Waals surface area contributed by atoms with Crippen LogP contribution in [0.15, 0.2) is 47.1 Å². The summed E-state index contributed by atoms with van der Waals surface area (Å²) in [4.78, 5) is 4.42. The number of fused-ring (bicyclic) bond motifs is 1. The Hall–Kier alpha value is -2.16. The number of para-hydroxylation sites is 1. The molecule has 3 rings (SSSR count). The van der Waals surface area contributed by atoms with Gasteiger partial charge >= 0.3 is 0 Å². The average molecular weight is 269 g/mol. The number of rotatable bonds is 4. The lowest BCUT2D eigenvalue weighted by molar-refractivity contribution is 0.560. The molecular formula is C17H16FNO. The lowest BCUT2D eigenvalue weighted by Crippen LogP contribution is -1.99. The summed E-state index contributed by atoms with van der Waals surface area (Å²) in [6, 6.07) is 11.2. The van der Waals surface area contributed by atoms with Crippen molar-refractivity contribution in [1.82, 2.24) is 4.98 Å². The summed E-state index contributed by atoms with van der Waals surface area (Å²) in [6.45, 7) is 2.11. The normalized spacial score (nSPS) is 11.1. The van der Waals surface area contributed by atoms with Gasteiger partial charge in [-0.05, 0) is 36.6 Å². The first-order valence-electron chi connectivity index (χ1n) is 6.92. The Bertz CT molecular complexity index is 719. The second-order valence-electron chi connectivity index (χ2n) is 4.85. The highest BCUT2D eigenvalue weighted by Gasteiger charge is 2.17. The maximum atomic E-state index is 14.8. The topological polar surface area (TPSA) is 26.0 Å². The highest BCUT2D eigenvalue weighted by molar-refractivity contribution is 5.85. The Morgan fingerprint density at radius 2 is 2.00 bits per heavy atom. The van der Waals surface area contributed by atoms with Gasteiger partial charge in [-0.2, -0.15) is 0 Å². The number of hydrogen-bond donors (Lipinski definition) is 0. The first kappa shape index (κ1) is 12.9. The van der Waals surface area contributed by atoms with Gasteiger partial charge in [-0.15, -0.1) is 0 Å². The zero-order valence-corrected chi connectivity index (χ0v) is 11.4. The molecule has 0 N–H and O–H groups in total. The van der Waals surface area contributed by atoms with Crippen molar-refractivity contribution < 1.29 is 8.81 Å². The average Bonchev–Trinajstić information content (AvgIpc) is 3.00. The minimum atomic E-state index is -0.257. The predicted molar refractivity (Wildman–Crippen MR) is 78.0 cm³/mol. The fourth-order valence-electron chi connectivity index (χ4n) is 2.43. The molecular weight excluding hydrogens is 253 g/mol. The summed E-state index contributed by atoms with van der Waals surface area (Å²) in [7, 11) is 0. The van der Waals surface area contributed by atoms with Gasteiger partial charge in [0.05, 0.1) is 11.8 Å². The number of aryl methyl sites for hydroxylation is 1. The molecule has 1 aromatic carbocycles. The van der Waals surface area contributed by atoms with Gasteiger partial charge in [0.1, 0.15) is 5.69 Å². The number of pyridine rings is 1. The van der Waals surface area contributed by atoms with Gasteiger partial charge in [0.25, 0.3) is 0 Å². The number of aromatic nitrogens is 1. The van der Waals surface area contributed by atoms with E-state index in [1.807, 2.05) is 24.3 Å². The van der Waals surface area contributed by atoms with E-state index in [0.29, 0.717) is 11.5 Å².